The van der Waals surface area contributed by atoms with E-state index in [-0.39, 0.29) is 0 Å². The summed E-state index contributed by atoms with van der Waals surface area (Å²) in [6.07, 6.45) is 1.72. The average Bonchev–Trinajstić information content (AvgIpc) is 3.24. The van der Waals surface area contributed by atoms with Crippen LogP contribution in [0.2, 0.25) is 5.02 Å². The molecule has 2 N–H and O–H groups in total. The highest BCUT2D eigenvalue weighted by Gasteiger charge is 2.31. The first-order chi connectivity index (χ1) is 9.97. The molecule has 1 aromatic rings. The summed E-state index contributed by atoms with van der Waals surface area (Å²) in [6.45, 7) is 1.56. The maximum atomic E-state index is 12.0. The molecule has 1 amide bonds. The quantitative estimate of drug-likeness (QED) is 0.811. The molecule has 2 unspecified atom stereocenters. The molecule has 1 aliphatic rings. The lowest BCUT2D eigenvalue weighted by atomic mass is 10.1. The van der Waals surface area contributed by atoms with Crippen molar-refractivity contribution in [3.63, 3.8) is 0 Å². The number of para-hydroxylation sites is 1. The van der Waals surface area contributed by atoms with E-state index in [1.807, 2.05) is 0 Å². The molecule has 0 aliphatic heterocycles. The molecule has 0 radical (unpaired) electrons. The van der Waals surface area contributed by atoms with Crippen LogP contribution < -0.4 is 10.1 Å². The van der Waals surface area contributed by atoms with Crippen LogP contribution >= 0.6 is 11.6 Å². The van der Waals surface area contributed by atoms with Crippen molar-refractivity contribution in [3.8, 4) is 5.75 Å². The third-order valence-corrected chi connectivity index (χ3v) is 3.70. The molecule has 2 rings (SSSR count). The largest absolute Gasteiger partial charge is 0.480 e. The number of carboxylic acids is 1. The lowest BCUT2D eigenvalue weighted by Crippen LogP contribution is -2.46. The molecular formula is C15H18ClNO4. The standard InChI is InChI=1S/C15H18ClNO4/c1-9(21-13-5-3-2-4-11(13)16)14(18)17-12(15(19)20)8-10-6-7-10/h2-5,9-10,12H,6-8H2,1H3,(H,17,18)(H,19,20). The molecule has 5 nitrogen and oxygen atoms in total. The average molecular weight is 312 g/mol. The van der Waals surface area contributed by atoms with Gasteiger partial charge in [-0.05, 0) is 31.4 Å². The molecule has 0 spiro atoms. The highest BCUT2D eigenvalue weighted by Crippen LogP contribution is 2.33. The van der Waals surface area contributed by atoms with Crippen LogP contribution in [0.25, 0.3) is 0 Å². The second-order valence-electron chi connectivity index (χ2n) is 5.27. The molecule has 1 fully saturated rings. The van der Waals surface area contributed by atoms with Crippen molar-refractivity contribution < 1.29 is 19.4 Å². The summed E-state index contributed by atoms with van der Waals surface area (Å²) in [4.78, 5) is 23.2. The number of ether oxygens (including phenoxy) is 1. The summed E-state index contributed by atoms with van der Waals surface area (Å²) in [5.41, 5.74) is 0. The van der Waals surface area contributed by atoms with Crippen LogP contribution in [0.3, 0.4) is 0 Å². The minimum absolute atomic E-state index is 0.399. The first kappa shape index (κ1) is 15.6. The van der Waals surface area contributed by atoms with Crippen LogP contribution in [0.15, 0.2) is 24.3 Å². The monoisotopic (exact) mass is 311 g/mol. The Balaban J connectivity index is 1.91. The molecule has 1 aliphatic carbocycles. The minimum Gasteiger partial charge on any atom is -0.480 e. The molecular weight excluding hydrogens is 294 g/mol. The zero-order chi connectivity index (χ0) is 15.4. The van der Waals surface area contributed by atoms with E-state index < -0.39 is 24.0 Å². The fourth-order valence-electron chi connectivity index (χ4n) is 1.98. The predicted octanol–water partition coefficient (Wildman–Crippen LogP) is 2.48. The highest BCUT2D eigenvalue weighted by atomic mass is 35.5. The molecule has 1 saturated carbocycles. The number of amides is 1. The Morgan fingerprint density at radius 2 is 2.10 bits per heavy atom. The SMILES string of the molecule is CC(Oc1ccccc1Cl)C(=O)NC(CC1CC1)C(=O)O. The van der Waals surface area contributed by atoms with Gasteiger partial charge in [0.2, 0.25) is 0 Å². The summed E-state index contributed by atoms with van der Waals surface area (Å²) in [5, 5.41) is 12.1. The lowest BCUT2D eigenvalue weighted by Gasteiger charge is -2.19. The maximum Gasteiger partial charge on any atom is 0.326 e. The van der Waals surface area contributed by atoms with Gasteiger partial charge in [-0.25, -0.2) is 4.79 Å². The van der Waals surface area contributed by atoms with Gasteiger partial charge in [0.1, 0.15) is 11.8 Å². The lowest BCUT2D eigenvalue weighted by molar-refractivity contribution is -0.143. The molecule has 2 atom stereocenters. The van der Waals surface area contributed by atoms with Gasteiger partial charge in [0.05, 0.1) is 5.02 Å². The summed E-state index contributed by atoms with van der Waals surface area (Å²) in [5.74, 6) is -0.662. The zero-order valence-corrected chi connectivity index (χ0v) is 12.5. The van der Waals surface area contributed by atoms with Crippen molar-refractivity contribution in [2.75, 3.05) is 0 Å². The van der Waals surface area contributed by atoms with Crippen molar-refractivity contribution in [1.29, 1.82) is 0 Å². The number of carboxylic acid groups (broad SMARTS) is 1. The fraction of sp³-hybridized carbons (Fsp3) is 0.467. The topological polar surface area (TPSA) is 75.6 Å². The first-order valence-corrected chi connectivity index (χ1v) is 7.29. The molecule has 1 aromatic carbocycles. The van der Waals surface area contributed by atoms with E-state index in [1.54, 1.807) is 31.2 Å². The molecule has 0 aromatic heterocycles. The van der Waals surface area contributed by atoms with E-state index in [4.69, 9.17) is 21.4 Å². The fourth-order valence-corrected chi connectivity index (χ4v) is 2.16. The Morgan fingerprint density at radius 1 is 1.43 bits per heavy atom. The van der Waals surface area contributed by atoms with Crippen molar-refractivity contribution in [3.05, 3.63) is 29.3 Å². The van der Waals surface area contributed by atoms with Gasteiger partial charge in [-0.1, -0.05) is 36.6 Å². The maximum absolute atomic E-state index is 12.0. The number of nitrogens with one attached hydrogen (secondary N) is 1. The van der Waals surface area contributed by atoms with Crippen molar-refractivity contribution in [1.82, 2.24) is 5.32 Å². The van der Waals surface area contributed by atoms with E-state index in [9.17, 15) is 9.59 Å². The Hall–Kier alpha value is -1.75. The van der Waals surface area contributed by atoms with Crippen LogP contribution in [0.4, 0.5) is 0 Å². The molecule has 0 saturated heterocycles. The number of hydrogen-bond acceptors (Lipinski definition) is 3. The second-order valence-corrected chi connectivity index (χ2v) is 5.68. The van der Waals surface area contributed by atoms with Gasteiger partial charge >= 0.3 is 5.97 Å². The Labute approximate surface area is 128 Å². The Morgan fingerprint density at radius 3 is 2.67 bits per heavy atom. The van der Waals surface area contributed by atoms with E-state index >= 15 is 0 Å². The van der Waals surface area contributed by atoms with Gasteiger partial charge < -0.3 is 15.2 Å². The van der Waals surface area contributed by atoms with Crippen LogP contribution in [-0.2, 0) is 9.59 Å². The number of carbonyl (C=O) groups is 2. The molecule has 114 valence electrons. The van der Waals surface area contributed by atoms with E-state index in [0.29, 0.717) is 23.1 Å². The second kappa shape index (κ2) is 6.80. The van der Waals surface area contributed by atoms with Crippen LogP contribution in [0.1, 0.15) is 26.2 Å². The van der Waals surface area contributed by atoms with Crippen molar-refractivity contribution in [2.45, 2.75) is 38.3 Å². The van der Waals surface area contributed by atoms with Gasteiger partial charge in [-0.3, -0.25) is 4.79 Å². The number of hydrogen-bond donors (Lipinski definition) is 2. The molecule has 0 heterocycles. The van der Waals surface area contributed by atoms with Crippen molar-refractivity contribution in [2.24, 2.45) is 5.92 Å². The van der Waals surface area contributed by atoms with Crippen molar-refractivity contribution >= 4 is 23.5 Å². The Kier molecular flexibility index (Phi) is 5.07. The third kappa shape index (κ3) is 4.63. The normalized spacial score (nSPS) is 16.9. The van der Waals surface area contributed by atoms with Gasteiger partial charge in [0.15, 0.2) is 6.10 Å². The van der Waals surface area contributed by atoms with Gasteiger partial charge in [0.25, 0.3) is 5.91 Å². The van der Waals surface area contributed by atoms with Gasteiger partial charge in [-0.2, -0.15) is 0 Å². The molecule has 6 heteroatoms. The van der Waals surface area contributed by atoms with Crippen LogP contribution in [-0.4, -0.2) is 29.1 Å². The summed E-state index contributed by atoms with van der Waals surface area (Å²) in [6, 6.07) is 5.97. The molecule has 21 heavy (non-hydrogen) atoms. The van der Waals surface area contributed by atoms with Gasteiger partial charge in [0, 0.05) is 0 Å². The number of benzene rings is 1. The summed E-state index contributed by atoms with van der Waals surface area (Å²) in [7, 11) is 0. The summed E-state index contributed by atoms with van der Waals surface area (Å²) < 4.78 is 5.47. The zero-order valence-electron chi connectivity index (χ0n) is 11.7. The number of rotatable bonds is 7. The van der Waals surface area contributed by atoms with E-state index in [2.05, 4.69) is 5.32 Å². The van der Waals surface area contributed by atoms with Crippen LogP contribution in [0.5, 0.6) is 5.75 Å². The number of halogens is 1. The van der Waals surface area contributed by atoms with E-state index in [1.165, 1.54) is 0 Å². The number of aliphatic carboxylic acids is 1. The minimum atomic E-state index is -1.01. The highest BCUT2D eigenvalue weighted by molar-refractivity contribution is 6.32. The number of carbonyl (C=O) groups excluding carboxylic acids is 1. The predicted molar refractivity (Wildman–Crippen MR) is 78.4 cm³/mol. The van der Waals surface area contributed by atoms with Crippen LogP contribution in [0, 0.1) is 5.92 Å². The first-order valence-electron chi connectivity index (χ1n) is 6.91. The Bertz CT molecular complexity index is 530. The molecule has 0 bridgehead atoms. The smallest absolute Gasteiger partial charge is 0.326 e. The van der Waals surface area contributed by atoms with Gasteiger partial charge in [-0.15, -0.1) is 0 Å². The van der Waals surface area contributed by atoms with E-state index in [0.717, 1.165) is 12.8 Å². The summed E-state index contributed by atoms with van der Waals surface area (Å²) >= 11 is 5.96. The third-order valence-electron chi connectivity index (χ3n) is 3.39.